The second-order valence-corrected chi connectivity index (χ2v) is 4.61. The van der Waals surface area contributed by atoms with E-state index in [-0.39, 0.29) is 11.5 Å². The Balaban J connectivity index is 3.56. The van der Waals surface area contributed by atoms with Gasteiger partial charge in [-0.1, -0.05) is 13.8 Å². The predicted octanol–water partition coefficient (Wildman–Crippen LogP) is 3.28. The summed E-state index contributed by atoms with van der Waals surface area (Å²) in [7, 11) is 0. The van der Waals surface area contributed by atoms with E-state index in [1.807, 2.05) is 27.7 Å². The van der Waals surface area contributed by atoms with Crippen LogP contribution in [0.25, 0.3) is 0 Å². The summed E-state index contributed by atoms with van der Waals surface area (Å²) in [5.74, 6) is -0.655. The molecule has 15 heavy (non-hydrogen) atoms. The van der Waals surface area contributed by atoms with Gasteiger partial charge in [-0.15, -0.1) is 0 Å². The molecule has 0 aliphatic rings. The molecule has 0 aliphatic carbocycles. The largest absolute Gasteiger partial charge is 0.478 e. The number of pyridine rings is 1. The van der Waals surface area contributed by atoms with Crippen molar-refractivity contribution in [2.45, 2.75) is 33.6 Å². The lowest BCUT2D eigenvalue weighted by Gasteiger charge is -2.15. The van der Waals surface area contributed by atoms with Gasteiger partial charge in [-0.25, -0.2) is 9.78 Å². The molecule has 0 aromatic carbocycles. The number of aryl methyl sites for hydroxylation is 1. The average Bonchev–Trinajstić information content (AvgIpc) is 1.99. The number of carboxylic acid groups (broad SMARTS) is 1. The molecule has 0 aliphatic heterocycles. The van der Waals surface area contributed by atoms with Crippen molar-refractivity contribution in [1.82, 2.24) is 4.98 Å². The highest BCUT2D eigenvalue weighted by molar-refractivity contribution is 9.10. The fourth-order valence-electron chi connectivity index (χ4n) is 1.92. The molecule has 0 saturated carbocycles. The van der Waals surface area contributed by atoms with E-state index in [4.69, 9.17) is 5.11 Å². The van der Waals surface area contributed by atoms with Gasteiger partial charge in [0.1, 0.15) is 4.60 Å². The molecule has 1 N–H and O–H groups in total. The minimum absolute atomic E-state index is 0.268. The van der Waals surface area contributed by atoms with Crippen molar-refractivity contribution < 1.29 is 9.90 Å². The first-order valence-electron chi connectivity index (χ1n) is 4.76. The van der Waals surface area contributed by atoms with E-state index in [0.29, 0.717) is 4.60 Å². The molecule has 0 unspecified atom stereocenters. The van der Waals surface area contributed by atoms with Crippen LogP contribution in [0.4, 0.5) is 0 Å². The van der Waals surface area contributed by atoms with Gasteiger partial charge in [0.05, 0.1) is 5.56 Å². The monoisotopic (exact) mass is 271 g/mol. The Hall–Kier alpha value is -0.900. The highest BCUT2D eigenvalue weighted by Gasteiger charge is 2.19. The van der Waals surface area contributed by atoms with Crippen LogP contribution in [0.3, 0.4) is 0 Å². The van der Waals surface area contributed by atoms with Gasteiger partial charge in [-0.2, -0.15) is 0 Å². The molecular weight excluding hydrogens is 258 g/mol. The highest BCUT2D eigenvalue weighted by Crippen LogP contribution is 2.28. The van der Waals surface area contributed by atoms with Crippen LogP contribution in [0.2, 0.25) is 0 Å². The summed E-state index contributed by atoms with van der Waals surface area (Å²) in [6.07, 6.45) is 0. The van der Waals surface area contributed by atoms with Gasteiger partial charge in [-0.3, -0.25) is 0 Å². The van der Waals surface area contributed by atoms with Gasteiger partial charge >= 0.3 is 5.97 Å². The van der Waals surface area contributed by atoms with Crippen molar-refractivity contribution in [3.63, 3.8) is 0 Å². The second-order valence-electron chi connectivity index (χ2n) is 3.86. The van der Waals surface area contributed by atoms with Crippen molar-refractivity contribution in [2.24, 2.45) is 0 Å². The molecular formula is C11H14BrNO2. The average molecular weight is 272 g/mol. The first-order chi connectivity index (χ1) is 6.86. The normalized spacial score (nSPS) is 10.8. The quantitative estimate of drug-likeness (QED) is 0.840. The summed E-state index contributed by atoms with van der Waals surface area (Å²) in [4.78, 5) is 15.3. The van der Waals surface area contributed by atoms with Crippen LogP contribution in [-0.4, -0.2) is 16.1 Å². The van der Waals surface area contributed by atoms with E-state index >= 15 is 0 Å². The number of aromatic carboxylic acids is 1. The molecule has 1 aromatic rings. The van der Waals surface area contributed by atoms with Crippen molar-refractivity contribution in [2.75, 3.05) is 0 Å². The zero-order valence-corrected chi connectivity index (χ0v) is 10.8. The Morgan fingerprint density at radius 1 is 1.40 bits per heavy atom. The van der Waals surface area contributed by atoms with Crippen LogP contribution >= 0.6 is 15.9 Å². The summed E-state index contributed by atoms with van der Waals surface area (Å²) in [6, 6.07) is 0. The predicted molar refractivity (Wildman–Crippen MR) is 62.5 cm³/mol. The van der Waals surface area contributed by atoms with E-state index in [9.17, 15) is 4.79 Å². The molecule has 0 bridgehead atoms. The third kappa shape index (κ3) is 2.20. The SMILES string of the molecule is Cc1nc(Br)c(C(=O)O)c(C)c1C(C)C. The summed E-state index contributed by atoms with van der Waals surface area (Å²) in [6.45, 7) is 7.81. The number of aromatic nitrogens is 1. The second kappa shape index (κ2) is 4.31. The number of hydrogen-bond acceptors (Lipinski definition) is 2. The Labute approximate surface area is 97.7 Å². The molecule has 1 rings (SSSR count). The van der Waals surface area contributed by atoms with Crippen LogP contribution in [0.15, 0.2) is 4.60 Å². The van der Waals surface area contributed by atoms with Crippen molar-refractivity contribution >= 4 is 21.9 Å². The minimum Gasteiger partial charge on any atom is -0.478 e. The molecule has 0 spiro atoms. The fourth-order valence-corrected chi connectivity index (χ4v) is 2.66. The first-order valence-corrected chi connectivity index (χ1v) is 5.55. The molecule has 0 atom stereocenters. The Kier molecular flexibility index (Phi) is 3.50. The molecule has 3 nitrogen and oxygen atoms in total. The van der Waals surface area contributed by atoms with Gasteiger partial charge in [0.15, 0.2) is 0 Å². The highest BCUT2D eigenvalue weighted by atomic mass is 79.9. The smallest absolute Gasteiger partial charge is 0.338 e. The zero-order chi connectivity index (χ0) is 11.7. The Morgan fingerprint density at radius 3 is 2.33 bits per heavy atom. The van der Waals surface area contributed by atoms with E-state index in [1.54, 1.807) is 0 Å². The van der Waals surface area contributed by atoms with E-state index in [2.05, 4.69) is 20.9 Å². The number of carboxylic acids is 1. The summed E-state index contributed by atoms with van der Waals surface area (Å²) < 4.78 is 0.411. The number of hydrogen-bond donors (Lipinski definition) is 1. The van der Waals surface area contributed by atoms with Crippen molar-refractivity contribution in [1.29, 1.82) is 0 Å². The zero-order valence-electron chi connectivity index (χ0n) is 9.26. The van der Waals surface area contributed by atoms with Crippen LogP contribution in [0, 0.1) is 13.8 Å². The van der Waals surface area contributed by atoms with Crippen LogP contribution in [-0.2, 0) is 0 Å². The van der Waals surface area contributed by atoms with Gasteiger partial charge in [-0.05, 0) is 46.8 Å². The summed E-state index contributed by atoms with van der Waals surface area (Å²) in [5.41, 5.74) is 2.98. The molecule has 0 amide bonds. The molecule has 0 radical (unpaired) electrons. The lowest BCUT2D eigenvalue weighted by Crippen LogP contribution is -2.09. The molecule has 1 aromatic heterocycles. The maximum absolute atomic E-state index is 11.1. The maximum atomic E-state index is 11.1. The molecule has 0 fully saturated rings. The molecule has 1 heterocycles. The molecule has 82 valence electrons. The standard InChI is InChI=1S/C11H14BrNO2/c1-5(2)8-6(3)9(11(14)15)10(12)13-7(8)4/h5H,1-4H3,(H,14,15). The van der Waals surface area contributed by atoms with Gasteiger partial charge < -0.3 is 5.11 Å². The van der Waals surface area contributed by atoms with Crippen LogP contribution in [0.1, 0.15) is 46.9 Å². The van der Waals surface area contributed by atoms with Crippen LogP contribution < -0.4 is 0 Å². The number of carbonyl (C=O) groups is 1. The Bertz CT molecular complexity index is 414. The summed E-state index contributed by atoms with van der Waals surface area (Å²) >= 11 is 3.19. The van der Waals surface area contributed by atoms with Gasteiger partial charge in [0.25, 0.3) is 0 Å². The first kappa shape index (κ1) is 12.2. The fraction of sp³-hybridized carbons (Fsp3) is 0.455. The summed E-state index contributed by atoms with van der Waals surface area (Å²) in [5, 5.41) is 9.07. The maximum Gasteiger partial charge on any atom is 0.338 e. The lowest BCUT2D eigenvalue weighted by molar-refractivity contribution is 0.0694. The lowest BCUT2D eigenvalue weighted by atomic mass is 9.94. The Morgan fingerprint density at radius 2 is 1.93 bits per heavy atom. The number of nitrogens with zero attached hydrogens (tertiary/aromatic N) is 1. The molecule has 4 heteroatoms. The van der Waals surface area contributed by atoms with Crippen molar-refractivity contribution in [3.05, 3.63) is 27.0 Å². The van der Waals surface area contributed by atoms with Gasteiger partial charge in [0, 0.05) is 5.69 Å². The third-order valence-corrected chi connectivity index (χ3v) is 3.01. The number of rotatable bonds is 2. The minimum atomic E-state index is -0.936. The van der Waals surface area contributed by atoms with E-state index in [1.165, 1.54) is 0 Å². The number of halogens is 1. The topological polar surface area (TPSA) is 50.2 Å². The van der Waals surface area contributed by atoms with Crippen LogP contribution in [0.5, 0.6) is 0 Å². The third-order valence-electron chi connectivity index (χ3n) is 2.43. The van der Waals surface area contributed by atoms with Gasteiger partial charge in [0.2, 0.25) is 0 Å². The molecule has 0 saturated heterocycles. The van der Waals surface area contributed by atoms with E-state index in [0.717, 1.165) is 16.8 Å². The van der Waals surface area contributed by atoms with Crippen molar-refractivity contribution in [3.8, 4) is 0 Å². The van der Waals surface area contributed by atoms with E-state index < -0.39 is 5.97 Å².